The van der Waals surface area contributed by atoms with Crippen LogP contribution in [0, 0.1) is 0 Å². The zero-order valence-corrected chi connectivity index (χ0v) is 20.9. The number of imide groups is 1. The van der Waals surface area contributed by atoms with E-state index in [-0.39, 0.29) is 29.5 Å². The van der Waals surface area contributed by atoms with Crippen LogP contribution in [0.2, 0.25) is 0 Å². The maximum absolute atomic E-state index is 13.5. The Morgan fingerprint density at radius 3 is 2.51 bits per heavy atom. The Bertz CT molecular complexity index is 1160. The quantitative estimate of drug-likeness (QED) is 0.361. The lowest BCUT2D eigenvalue weighted by atomic mass is 10.2. The molecule has 10 nitrogen and oxygen atoms in total. The van der Waals surface area contributed by atoms with Crippen LogP contribution in [-0.2, 0) is 29.1 Å². The first-order valence-electron chi connectivity index (χ1n) is 11.3. The second-order valence-electron chi connectivity index (χ2n) is 8.06. The molecule has 1 unspecified atom stereocenters. The lowest BCUT2D eigenvalue weighted by molar-refractivity contribution is -0.122. The summed E-state index contributed by atoms with van der Waals surface area (Å²) >= 11 is 1.07. The van der Waals surface area contributed by atoms with E-state index in [0.29, 0.717) is 38.4 Å². The summed E-state index contributed by atoms with van der Waals surface area (Å²) in [6.07, 6.45) is -0.258. The molecular weight excluding hydrogens is 494 g/mol. The van der Waals surface area contributed by atoms with Gasteiger partial charge in [-0.1, -0.05) is 6.07 Å². The zero-order valence-electron chi connectivity index (χ0n) is 19.3. The van der Waals surface area contributed by atoms with Gasteiger partial charge in [-0.2, -0.15) is 4.31 Å². The van der Waals surface area contributed by atoms with E-state index in [1.54, 1.807) is 18.4 Å². The van der Waals surface area contributed by atoms with E-state index in [1.807, 2.05) is 0 Å². The SMILES string of the molecule is CCOC(=O)c1ccc(N2C(=O)CC(N(CCN3CCOCC3)S(=O)(=O)c3cccs3)C2=O)cc1. The van der Waals surface area contributed by atoms with E-state index < -0.39 is 33.8 Å². The summed E-state index contributed by atoms with van der Waals surface area (Å²) in [6.45, 7) is 4.88. The molecule has 35 heavy (non-hydrogen) atoms. The standard InChI is InChI=1S/C23H27N3O7S2/c1-2-33-23(29)17-5-7-18(8-6-17)26-20(27)16-19(22(26)28)25(10-9-24-11-13-32-14-12-24)35(30,31)21-4-3-15-34-21/h3-8,15,19H,2,9-14,16H2,1H3. The van der Waals surface area contributed by atoms with Crippen molar-refractivity contribution in [1.82, 2.24) is 9.21 Å². The minimum absolute atomic E-state index is 0.0690. The summed E-state index contributed by atoms with van der Waals surface area (Å²) in [5.74, 6) is -1.62. The van der Waals surface area contributed by atoms with Crippen molar-refractivity contribution in [2.75, 3.05) is 50.9 Å². The summed E-state index contributed by atoms with van der Waals surface area (Å²) < 4.78 is 38.6. The Kier molecular flexibility index (Phi) is 7.97. The van der Waals surface area contributed by atoms with Crippen molar-refractivity contribution in [3.63, 3.8) is 0 Å². The number of ether oxygens (including phenoxy) is 2. The molecule has 2 fully saturated rings. The molecule has 0 saturated carbocycles. The first-order chi connectivity index (χ1) is 16.8. The molecule has 1 aromatic heterocycles. The summed E-state index contributed by atoms with van der Waals surface area (Å²) in [4.78, 5) is 41.3. The third kappa shape index (κ3) is 5.46. The molecule has 0 N–H and O–H groups in total. The number of carbonyl (C=O) groups is 3. The number of esters is 1. The molecule has 2 aromatic rings. The largest absolute Gasteiger partial charge is 0.462 e. The number of anilines is 1. The van der Waals surface area contributed by atoms with Crippen LogP contribution in [0.4, 0.5) is 5.69 Å². The highest BCUT2D eigenvalue weighted by Crippen LogP contribution is 2.31. The third-order valence-corrected chi connectivity index (χ3v) is 9.19. The number of rotatable bonds is 9. The van der Waals surface area contributed by atoms with Gasteiger partial charge in [0.05, 0.1) is 37.5 Å². The second kappa shape index (κ2) is 11.0. The number of amides is 2. The first kappa shape index (κ1) is 25.5. The van der Waals surface area contributed by atoms with Gasteiger partial charge in [-0.15, -0.1) is 11.3 Å². The fraction of sp³-hybridized carbons (Fsp3) is 0.435. The predicted molar refractivity (Wildman–Crippen MR) is 129 cm³/mol. The molecule has 0 bridgehead atoms. The molecule has 2 aliphatic heterocycles. The van der Waals surface area contributed by atoms with Crippen LogP contribution in [0.3, 0.4) is 0 Å². The van der Waals surface area contributed by atoms with Crippen LogP contribution in [0.25, 0.3) is 0 Å². The fourth-order valence-electron chi connectivity index (χ4n) is 4.11. The Morgan fingerprint density at radius 2 is 1.89 bits per heavy atom. The normalized spacial score (nSPS) is 19.5. The molecule has 2 aliphatic rings. The molecule has 3 heterocycles. The highest BCUT2D eigenvalue weighted by atomic mass is 32.2. The van der Waals surface area contributed by atoms with Gasteiger partial charge in [-0.05, 0) is 42.6 Å². The van der Waals surface area contributed by atoms with E-state index in [2.05, 4.69) is 4.90 Å². The summed E-state index contributed by atoms with van der Waals surface area (Å²) in [6, 6.07) is 7.89. The van der Waals surface area contributed by atoms with E-state index in [4.69, 9.17) is 9.47 Å². The van der Waals surface area contributed by atoms with E-state index in [0.717, 1.165) is 20.5 Å². The number of nitrogens with zero attached hydrogens (tertiary/aromatic N) is 3. The topological polar surface area (TPSA) is 114 Å². The lowest BCUT2D eigenvalue weighted by Crippen LogP contribution is -2.49. The van der Waals surface area contributed by atoms with Crippen molar-refractivity contribution in [3.8, 4) is 0 Å². The smallest absolute Gasteiger partial charge is 0.338 e. The van der Waals surface area contributed by atoms with Crippen molar-refractivity contribution in [2.45, 2.75) is 23.6 Å². The summed E-state index contributed by atoms with van der Waals surface area (Å²) in [5, 5.41) is 1.66. The molecule has 0 radical (unpaired) electrons. The fourth-order valence-corrected chi connectivity index (χ4v) is 6.80. The molecular formula is C23H27N3O7S2. The first-order valence-corrected chi connectivity index (χ1v) is 13.6. The Morgan fingerprint density at radius 1 is 1.17 bits per heavy atom. The van der Waals surface area contributed by atoms with Crippen molar-refractivity contribution in [3.05, 3.63) is 47.3 Å². The van der Waals surface area contributed by atoms with Crippen LogP contribution in [0.15, 0.2) is 46.0 Å². The van der Waals surface area contributed by atoms with E-state index >= 15 is 0 Å². The minimum Gasteiger partial charge on any atom is -0.462 e. The maximum Gasteiger partial charge on any atom is 0.338 e. The lowest BCUT2D eigenvalue weighted by Gasteiger charge is -2.31. The minimum atomic E-state index is -4.00. The average Bonchev–Trinajstić information content (AvgIpc) is 3.49. The molecule has 2 saturated heterocycles. The monoisotopic (exact) mass is 521 g/mol. The van der Waals surface area contributed by atoms with E-state index in [9.17, 15) is 22.8 Å². The molecule has 4 rings (SSSR count). The molecule has 12 heteroatoms. The van der Waals surface area contributed by atoms with Crippen molar-refractivity contribution < 1.29 is 32.3 Å². The van der Waals surface area contributed by atoms with Crippen LogP contribution >= 0.6 is 11.3 Å². The molecule has 1 atom stereocenters. The van der Waals surface area contributed by atoms with Crippen LogP contribution in [0.1, 0.15) is 23.7 Å². The van der Waals surface area contributed by atoms with Gasteiger partial charge in [0, 0.05) is 26.2 Å². The van der Waals surface area contributed by atoms with Gasteiger partial charge in [-0.3, -0.25) is 14.5 Å². The molecule has 0 aliphatic carbocycles. The number of thiophene rings is 1. The van der Waals surface area contributed by atoms with Gasteiger partial charge < -0.3 is 9.47 Å². The highest BCUT2D eigenvalue weighted by molar-refractivity contribution is 7.91. The molecule has 0 spiro atoms. The Labute approximate surface area is 208 Å². The number of hydrogen-bond acceptors (Lipinski definition) is 9. The van der Waals surface area contributed by atoms with Crippen LogP contribution < -0.4 is 4.90 Å². The van der Waals surface area contributed by atoms with Crippen molar-refractivity contribution >= 4 is 44.8 Å². The molecule has 2 amide bonds. The van der Waals surface area contributed by atoms with Crippen LogP contribution in [-0.4, -0.2) is 87.4 Å². The predicted octanol–water partition coefficient (Wildman–Crippen LogP) is 1.58. The van der Waals surface area contributed by atoms with Crippen molar-refractivity contribution in [1.29, 1.82) is 0 Å². The van der Waals surface area contributed by atoms with Gasteiger partial charge in [0.15, 0.2) is 0 Å². The van der Waals surface area contributed by atoms with Gasteiger partial charge in [0.25, 0.3) is 15.9 Å². The van der Waals surface area contributed by atoms with Gasteiger partial charge >= 0.3 is 5.97 Å². The average molecular weight is 522 g/mol. The maximum atomic E-state index is 13.5. The second-order valence-corrected chi connectivity index (χ2v) is 11.1. The number of sulfonamides is 1. The zero-order chi connectivity index (χ0) is 25.0. The highest BCUT2D eigenvalue weighted by Gasteiger charge is 2.47. The van der Waals surface area contributed by atoms with Gasteiger partial charge in [0.1, 0.15) is 10.3 Å². The molecule has 188 valence electrons. The van der Waals surface area contributed by atoms with Crippen molar-refractivity contribution in [2.24, 2.45) is 0 Å². The van der Waals surface area contributed by atoms with E-state index in [1.165, 1.54) is 30.3 Å². The summed E-state index contributed by atoms with van der Waals surface area (Å²) in [7, 11) is -4.00. The Balaban J connectivity index is 1.58. The van der Waals surface area contributed by atoms with Gasteiger partial charge in [-0.25, -0.2) is 18.1 Å². The summed E-state index contributed by atoms with van der Waals surface area (Å²) in [5.41, 5.74) is 0.566. The van der Waals surface area contributed by atoms with Crippen LogP contribution in [0.5, 0.6) is 0 Å². The number of carbonyl (C=O) groups excluding carboxylic acids is 3. The van der Waals surface area contributed by atoms with Gasteiger partial charge in [0.2, 0.25) is 5.91 Å². The third-order valence-electron chi connectivity index (χ3n) is 5.91. The number of morpholine rings is 1. The Hall–Kier alpha value is -2.64. The molecule has 1 aromatic carbocycles. The number of hydrogen-bond donors (Lipinski definition) is 0. The number of benzene rings is 1.